The minimum atomic E-state index is -0.888. The van der Waals surface area contributed by atoms with Gasteiger partial charge in [0.25, 0.3) is 0 Å². The van der Waals surface area contributed by atoms with Crippen molar-refractivity contribution < 1.29 is 9.59 Å². The van der Waals surface area contributed by atoms with Crippen LogP contribution in [0, 0.1) is 5.92 Å². The Morgan fingerprint density at radius 2 is 2.13 bits per heavy atom. The number of nitrogens with two attached hydrogens (primary N) is 1. The number of aromatic nitrogens is 2. The number of fused-ring (bicyclic) bond motifs is 1. The first-order valence-electron chi connectivity index (χ1n) is 8.07. The molecule has 0 spiro atoms. The van der Waals surface area contributed by atoms with Gasteiger partial charge in [0.05, 0.1) is 11.6 Å². The fraction of sp³-hybridized carbons (Fsp3) is 0.471. The summed E-state index contributed by atoms with van der Waals surface area (Å²) in [6, 6.07) is 5.95. The molecule has 0 saturated carbocycles. The lowest BCUT2D eigenvalue weighted by Crippen LogP contribution is -2.46. The van der Waals surface area contributed by atoms with Crippen LogP contribution in [0.3, 0.4) is 0 Å². The van der Waals surface area contributed by atoms with Crippen molar-refractivity contribution in [3.63, 3.8) is 0 Å². The van der Waals surface area contributed by atoms with Gasteiger partial charge >= 0.3 is 11.8 Å². The van der Waals surface area contributed by atoms with Crippen molar-refractivity contribution in [2.45, 2.75) is 39.3 Å². The largest absolute Gasteiger partial charge is 0.361 e. The zero-order chi connectivity index (χ0) is 16.6. The molecule has 1 fully saturated rings. The number of carbonyl (C=O) groups excluding carboxylic acids is 2. The zero-order valence-electron chi connectivity index (χ0n) is 13.5. The first-order chi connectivity index (χ1) is 11.0. The van der Waals surface area contributed by atoms with Crippen LogP contribution < -0.4 is 5.73 Å². The summed E-state index contributed by atoms with van der Waals surface area (Å²) in [5.41, 5.74) is 7.14. The maximum atomic E-state index is 12.2. The fourth-order valence-corrected chi connectivity index (χ4v) is 3.32. The lowest BCUT2D eigenvalue weighted by atomic mass is 9.89. The topological polar surface area (TPSA) is 81.2 Å². The Labute approximate surface area is 135 Å². The highest BCUT2D eigenvalue weighted by molar-refractivity contribution is 6.34. The SMILES string of the molecule is CCn1cc2ccc([C@H]3CC[C@H](C)CN3C(=O)C(N)=O)cc2n1. The van der Waals surface area contributed by atoms with Crippen molar-refractivity contribution in [3.05, 3.63) is 30.0 Å². The van der Waals surface area contributed by atoms with Crippen molar-refractivity contribution >= 4 is 22.7 Å². The molecule has 2 N–H and O–H groups in total. The number of amides is 2. The highest BCUT2D eigenvalue weighted by atomic mass is 16.2. The number of nitrogens with zero attached hydrogens (tertiary/aromatic N) is 3. The summed E-state index contributed by atoms with van der Waals surface area (Å²) in [4.78, 5) is 25.1. The van der Waals surface area contributed by atoms with Crippen LogP contribution in [0.1, 0.15) is 38.3 Å². The van der Waals surface area contributed by atoms with E-state index in [-0.39, 0.29) is 6.04 Å². The Bertz CT molecular complexity index is 752. The minimum Gasteiger partial charge on any atom is -0.361 e. The molecule has 6 heteroatoms. The summed E-state index contributed by atoms with van der Waals surface area (Å²) in [7, 11) is 0. The van der Waals surface area contributed by atoms with Gasteiger partial charge in [0.2, 0.25) is 0 Å². The number of hydrogen-bond acceptors (Lipinski definition) is 3. The van der Waals surface area contributed by atoms with E-state index in [0.29, 0.717) is 12.5 Å². The van der Waals surface area contributed by atoms with Gasteiger partial charge in [-0.05, 0) is 37.3 Å². The monoisotopic (exact) mass is 314 g/mol. The zero-order valence-corrected chi connectivity index (χ0v) is 13.5. The predicted octanol–water partition coefficient (Wildman–Crippen LogP) is 1.84. The molecule has 23 heavy (non-hydrogen) atoms. The third kappa shape index (κ3) is 2.93. The molecule has 6 nitrogen and oxygen atoms in total. The molecule has 122 valence electrons. The van der Waals surface area contributed by atoms with Gasteiger partial charge in [0, 0.05) is 24.7 Å². The fourth-order valence-electron chi connectivity index (χ4n) is 3.32. The van der Waals surface area contributed by atoms with Crippen LogP contribution in [0.4, 0.5) is 0 Å². The first kappa shape index (κ1) is 15.5. The molecule has 1 aliphatic heterocycles. The van der Waals surface area contributed by atoms with Crippen LogP contribution in [-0.4, -0.2) is 33.0 Å². The van der Waals surface area contributed by atoms with Crippen LogP contribution in [0.25, 0.3) is 10.9 Å². The number of rotatable bonds is 2. The molecule has 1 saturated heterocycles. The van der Waals surface area contributed by atoms with Gasteiger partial charge in [-0.25, -0.2) is 0 Å². The van der Waals surface area contributed by atoms with Gasteiger partial charge in [-0.2, -0.15) is 5.10 Å². The van der Waals surface area contributed by atoms with Crippen LogP contribution in [0.2, 0.25) is 0 Å². The Kier molecular flexibility index (Phi) is 4.07. The van der Waals surface area contributed by atoms with Crippen molar-refractivity contribution in [1.29, 1.82) is 0 Å². The molecule has 2 aromatic rings. The average molecular weight is 314 g/mol. The quantitative estimate of drug-likeness (QED) is 0.859. The van der Waals surface area contributed by atoms with E-state index in [9.17, 15) is 9.59 Å². The molecule has 1 aliphatic rings. The second-order valence-corrected chi connectivity index (χ2v) is 6.32. The van der Waals surface area contributed by atoms with E-state index in [0.717, 1.165) is 35.9 Å². The predicted molar refractivity (Wildman–Crippen MR) is 87.5 cm³/mol. The number of likely N-dealkylation sites (tertiary alicyclic amines) is 1. The van der Waals surface area contributed by atoms with Crippen molar-refractivity contribution in [2.75, 3.05) is 6.54 Å². The van der Waals surface area contributed by atoms with Crippen molar-refractivity contribution in [2.24, 2.45) is 11.7 Å². The number of primary amides is 1. The molecule has 3 rings (SSSR count). The molecule has 0 aliphatic carbocycles. The van der Waals surface area contributed by atoms with E-state index in [2.05, 4.69) is 12.0 Å². The Hall–Kier alpha value is -2.37. The second-order valence-electron chi connectivity index (χ2n) is 6.32. The highest BCUT2D eigenvalue weighted by Crippen LogP contribution is 2.34. The van der Waals surface area contributed by atoms with Crippen LogP contribution in [0.5, 0.6) is 0 Å². The Morgan fingerprint density at radius 1 is 1.35 bits per heavy atom. The summed E-state index contributed by atoms with van der Waals surface area (Å²) in [5.74, 6) is -1.11. The number of piperidine rings is 1. The smallest absolute Gasteiger partial charge is 0.312 e. The van der Waals surface area contributed by atoms with Crippen LogP contribution >= 0.6 is 0 Å². The van der Waals surface area contributed by atoms with E-state index in [1.165, 1.54) is 0 Å². The highest BCUT2D eigenvalue weighted by Gasteiger charge is 2.33. The molecule has 1 aromatic carbocycles. The van der Waals surface area contributed by atoms with Gasteiger partial charge < -0.3 is 10.6 Å². The second kappa shape index (κ2) is 6.02. The van der Waals surface area contributed by atoms with Gasteiger partial charge in [0.15, 0.2) is 0 Å². The van der Waals surface area contributed by atoms with E-state index in [1.54, 1.807) is 4.90 Å². The summed E-state index contributed by atoms with van der Waals surface area (Å²) < 4.78 is 1.89. The minimum absolute atomic E-state index is 0.109. The standard InChI is InChI=1S/C17H22N4O2/c1-3-20-10-13-6-5-12(8-14(13)19-20)15-7-4-11(2)9-21(15)17(23)16(18)22/h5-6,8,10-11,15H,3-4,7,9H2,1-2H3,(H2,18,22)/t11-,15+/m0/s1. The lowest BCUT2D eigenvalue weighted by Gasteiger charge is -2.38. The normalized spacial score (nSPS) is 21.6. The Balaban J connectivity index is 1.96. The van der Waals surface area contributed by atoms with Gasteiger partial charge in [-0.3, -0.25) is 14.3 Å². The maximum absolute atomic E-state index is 12.2. The third-order valence-electron chi connectivity index (χ3n) is 4.58. The summed E-state index contributed by atoms with van der Waals surface area (Å²) in [6.45, 7) is 5.51. The van der Waals surface area contributed by atoms with Crippen molar-refractivity contribution in [1.82, 2.24) is 14.7 Å². The van der Waals surface area contributed by atoms with Gasteiger partial charge in [-0.15, -0.1) is 0 Å². The number of aryl methyl sites for hydroxylation is 1. The number of carbonyl (C=O) groups is 2. The summed E-state index contributed by atoms with van der Waals surface area (Å²) >= 11 is 0. The molecular weight excluding hydrogens is 292 g/mol. The van der Waals surface area contributed by atoms with Crippen molar-refractivity contribution in [3.8, 4) is 0 Å². The van der Waals surface area contributed by atoms with E-state index >= 15 is 0 Å². The van der Waals surface area contributed by atoms with E-state index < -0.39 is 11.8 Å². The van der Waals surface area contributed by atoms with Gasteiger partial charge in [-0.1, -0.05) is 19.1 Å². The molecule has 2 amide bonds. The third-order valence-corrected chi connectivity index (χ3v) is 4.58. The van der Waals surface area contributed by atoms with Crippen LogP contribution in [-0.2, 0) is 16.1 Å². The summed E-state index contributed by atoms with van der Waals surface area (Å²) in [6.07, 6.45) is 3.86. The average Bonchev–Trinajstić information content (AvgIpc) is 2.96. The molecule has 0 bridgehead atoms. The molecule has 0 radical (unpaired) electrons. The van der Waals surface area contributed by atoms with Crippen LogP contribution in [0.15, 0.2) is 24.4 Å². The molecule has 2 heterocycles. The molecular formula is C17H22N4O2. The summed E-state index contributed by atoms with van der Waals surface area (Å²) in [5, 5.41) is 5.60. The number of benzene rings is 1. The Morgan fingerprint density at radius 3 is 2.83 bits per heavy atom. The molecule has 0 unspecified atom stereocenters. The first-order valence-corrected chi connectivity index (χ1v) is 8.07. The lowest BCUT2D eigenvalue weighted by molar-refractivity contribution is -0.147. The van der Waals surface area contributed by atoms with E-state index in [4.69, 9.17) is 5.73 Å². The van der Waals surface area contributed by atoms with Gasteiger partial charge in [0.1, 0.15) is 0 Å². The molecule has 1 aromatic heterocycles. The maximum Gasteiger partial charge on any atom is 0.312 e. The van der Waals surface area contributed by atoms with E-state index in [1.807, 2.05) is 36.0 Å². The number of hydrogen-bond donors (Lipinski definition) is 1. The molecule has 2 atom stereocenters.